The number of fused-ring (bicyclic) bond motifs is 1. The molecule has 0 radical (unpaired) electrons. The van der Waals surface area contributed by atoms with Gasteiger partial charge in [-0.3, -0.25) is 0 Å². The number of imidazole rings is 1. The van der Waals surface area contributed by atoms with Gasteiger partial charge in [0.1, 0.15) is 6.07 Å². The molecule has 0 aliphatic carbocycles. The quantitative estimate of drug-likeness (QED) is 0.684. The monoisotopic (exact) mass is 269 g/mol. The molecule has 0 saturated heterocycles. The second-order valence-corrected chi connectivity index (χ2v) is 3.49. The Hall–Kier alpha value is -1.09. The Morgan fingerprint density at radius 2 is 2.42 bits per heavy atom. The third-order valence-corrected chi connectivity index (χ3v) is 2.39. The van der Waals surface area contributed by atoms with Crippen molar-refractivity contribution in [1.82, 2.24) is 9.38 Å². The largest absolute Gasteiger partial charge is 0.305 e. The van der Waals surface area contributed by atoms with Gasteiger partial charge in [-0.05, 0) is 34.7 Å². The summed E-state index contributed by atoms with van der Waals surface area (Å²) < 4.78 is 2.90. The molecule has 0 saturated carbocycles. The number of hydrogen-bond acceptors (Lipinski definition) is 2. The van der Waals surface area contributed by atoms with Crippen molar-refractivity contribution in [2.75, 3.05) is 0 Å². The zero-order valence-electron chi connectivity index (χ0n) is 6.03. The summed E-state index contributed by atoms with van der Waals surface area (Å²) in [4.78, 5) is 4.13. The maximum absolute atomic E-state index is 8.60. The molecule has 2 rings (SSSR count). The number of aromatic nitrogens is 2. The second-order valence-electron chi connectivity index (χ2n) is 2.32. The van der Waals surface area contributed by atoms with Gasteiger partial charge in [-0.25, -0.2) is 4.98 Å². The normalized spacial score (nSPS) is 10.0. The lowest BCUT2D eigenvalue weighted by atomic mass is 10.5. The molecular formula is C8H4IN3. The van der Waals surface area contributed by atoms with E-state index in [1.807, 2.05) is 28.8 Å². The molecule has 0 bridgehead atoms. The van der Waals surface area contributed by atoms with Crippen LogP contribution in [-0.4, -0.2) is 9.38 Å². The molecule has 3 nitrogen and oxygen atoms in total. The van der Waals surface area contributed by atoms with Gasteiger partial charge in [-0.2, -0.15) is 5.26 Å². The highest BCUT2D eigenvalue weighted by atomic mass is 127. The molecule has 0 aromatic carbocycles. The summed E-state index contributed by atoms with van der Waals surface area (Å²) in [5, 5.41) is 8.60. The van der Waals surface area contributed by atoms with Crippen molar-refractivity contribution in [3.63, 3.8) is 0 Å². The average molecular weight is 269 g/mol. The van der Waals surface area contributed by atoms with Crippen LogP contribution in [0, 0.1) is 14.9 Å². The molecule has 2 aromatic heterocycles. The lowest BCUT2D eigenvalue weighted by molar-refractivity contribution is 1.18. The van der Waals surface area contributed by atoms with Gasteiger partial charge in [0.25, 0.3) is 0 Å². The number of pyridine rings is 1. The topological polar surface area (TPSA) is 41.1 Å². The van der Waals surface area contributed by atoms with Crippen LogP contribution in [0.3, 0.4) is 0 Å². The first-order chi connectivity index (χ1) is 5.81. The zero-order chi connectivity index (χ0) is 8.55. The number of nitriles is 1. The Morgan fingerprint density at radius 3 is 3.08 bits per heavy atom. The van der Waals surface area contributed by atoms with Crippen LogP contribution in [0.5, 0.6) is 0 Å². The molecule has 12 heavy (non-hydrogen) atoms. The summed E-state index contributed by atoms with van der Waals surface area (Å²) in [6.07, 6.45) is 3.60. The molecule has 0 spiro atoms. The molecule has 0 aliphatic rings. The first-order valence-corrected chi connectivity index (χ1v) is 4.42. The first-order valence-electron chi connectivity index (χ1n) is 3.34. The third-order valence-electron chi connectivity index (χ3n) is 1.55. The summed E-state index contributed by atoms with van der Waals surface area (Å²) in [6, 6.07) is 5.90. The first kappa shape index (κ1) is 7.55. The standard InChI is InChI=1S/C8H4IN3/c9-7-2-1-3-12-5-6(4-10)11-8(7)12/h1-3,5H. The lowest BCUT2D eigenvalue weighted by Gasteiger charge is -1.92. The van der Waals surface area contributed by atoms with E-state index in [0.29, 0.717) is 5.69 Å². The van der Waals surface area contributed by atoms with Crippen molar-refractivity contribution >= 4 is 28.2 Å². The van der Waals surface area contributed by atoms with Crippen LogP contribution in [0.4, 0.5) is 0 Å². The van der Waals surface area contributed by atoms with Crippen molar-refractivity contribution in [3.05, 3.63) is 33.8 Å². The van der Waals surface area contributed by atoms with E-state index in [4.69, 9.17) is 5.26 Å². The van der Waals surface area contributed by atoms with E-state index in [0.717, 1.165) is 9.22 Å². The molecule has 0 N–H and O–H groups in total. The minimum absolute atomic E-state index is 0.458. The lowest BCUT2D eigenvalue weighted by Crippen LogP contribution is -1.83. The third kappa shape index (κ3) is 1.06. The number of halogens is 1. The minimum atomic E-state index is 0.458. The Bertz CT molecular complexity index is 467. The number of nitrogens with zero attached hydrogens (tertiary/aromatic N) is 3. The van der Waals surface area contributed by atoms with Gasteiger partial charge >= 0.3 is 0 Å². The van der Waals surface area contributed by atoms with Gasteiger partial charge in [0, 0.05) is 12.4 Å². The molecule has 0 unspecified atom stereocenters. The van der Waals surface area contributed by atoms with Crippen LogP contribution in [0.15, 0.2) is 24.5 Å². The van der Waals surface area contributed by atoms with E-state index < -0.39 is 0 Å². The maximum Gasteiger partial charge on any atom is 0.159 e. The van der Waals surface area contributed by atoms with Crippen LogP contribution in [0.2, 0.25) is 0 Å². The highest BCUT2D eigenvalue weighted by Crippen LogP contribution is 2.12. The highest BCUT2D eigenvalue weighted by molar-refractivity contribution is 14.1. The van der Waals surface area contributed by atoms with Gasteiger partial charge in [0.05, 0.1) is 3.57 Å². The van der Waals surface area contributed by atoms with Gasteiger partial charge in [-0.15, -0.1) is 0 Å². The Balaban J connectivity index is 2.85. The fourth-order valence-corrected chi connectivity index (χ4v) is 1.64. The Kier molecular flexibility index (Phi) is 1.73. The SMILES string of the molecule is N#Cc1cn2cccc(I)c2n1. The molecule has 0 amide bonds. The van der Waals surface area contributed by atoms with E-state index in [-0.39, 0.29) is 0 Å². The van der Waals surface area contributed by atoms with Crippen LogP contribution in [-0.2, 0) is 0 Å². The molecule has 2 heterocycles. The van der Waals surface area contributed by atoms with E-state index in [1.165, 1.54) is 0 Å². The van der Waals surface area contributed by atoms with E-state index in [1.54, 1.807) is 6.20 Å². The molecule has 4 heteroatoms. The smallest absolute Gasteiger partial charge is 0.159 e. The van der Waals surface area contributed by atoms with Crippen molar-refractivity contribution < 1.29 is 0 Å². The van der Waals surface area contributed by atoms with Crippen LogP contribution in [0.1, 0.15) is 5.69 Å². The van der Waals surface area contributed by atoms with Gasteiger partial charge in [0.15, 0.2) is 11.3 Å². The highest BCUT2D eigenvalue weighted by Gasteiger charge is 2.01. The molecule has 0 aliphatic heterocycles. The summed E-state index contributed by atoms with van der Waals surface area (Å²) in [6.45, 7) is 0. The summed E-state index contributed by atoms with van der Waals surface area (Å²) in [7, 11) is 0. The predicted molar refractivity (Wildman–Crippen MR) is 52.6 cm³/mol. The number of hydrogen-bond donors (Lipinski definition) is 0. The van der Waals surface area contributed by atoms with Crippen molar-refractivity contribution in [2.45, 2.75) is 0 Å². The van der Waals surface area contributed by atoms with Gasteiger partial charge < -0.3 is 4.40 Å². The van der Waals surface area contributed by atoms with Crippen LogP contribution in [0.25, 0.3) is 5.65 Å². The minimum Gasteiger partial charge on any atom is -0.305 e. The van der Waals surface area contributed by atoms with Crippen molar-refractivity contribution in [1.29, 1.82) is 5.26 Å². The van der Waals surface area contributed by atoms with Crippen LogP contribution < -0.4 is 0 Å². The van der Waals surface area contributed by atoms with E-state index >= 15 is 0 Å². The van der Waals surface area contributed by atoms with Crippen molar-refractivity contribution in [3.8, 4) is 6.07 Å². The Morgan fingerprint density at radius 1 is 1.58 bits per heavy atom. The molecule has 0 atom stereocenters. The Labute approximate surface area is 82.8 Å². The second kappa shape index (κ2) is 2.75. The average Bonchev–Trinajstić information content (AvgIpc) is 2.49. The fraction of sp³-hybridized carbons (Fsp3) is 0. The summed E-state index contributed by atoms with van der Waals surface area (Å²) >= 11 is 2.20. The van der Waals surface area contributed by atoms with Crippen molar-refractivity contribution in [2.24, 2.45) is 0 Å². The molecule has 0 fully saturated rings. The molecule has 58 valence electrons. The maximum atomic E-state index is 8.60. The molecule has 2 aromatic rings. The predicted octanol–water partition coefficient (Wildman–Crippen LogP) is 1.81. The zero-order valence-corrected chi connectivity index (χ0v) is 8.19. The summed E-state index contributed by atoms with van der Waals surface area (Å²) in [5.41, 5.74) is 1.30. The fourth-order valence-electron chi connectivity index (χ4n) is 1.03. The summed E-state index contributed by atoms with van der Waals surface area (Å²) in [5.74, 6) is 0. The van der Waals surface area contributed by atoms with E-state index in [9.17, 15) is 0 Å². The van der Waals surface area contributed by atoms with Crippen LogP contribution >= 0.6 is 22.6 Å². The van der Waals surface area contributed by atoms with E-state index in [2.05, 4.69) is 27.6 Å². The number of rotatable bonds is 0. The van der Waals surface area contributed by atoms with Gasteiger partial charge in [-0.1, -0.05) is 0 Å². The molecular weight excluding hydrogens is 265 g/mol. The van der Waals surface area contributed by atoms with Gasteiger partial charge in [0.2, 0.25) is 0 Å².